The van der Waals surface area contributed by atoms with Crippen LogP contribution in [0, 0.1) is 11.8 Å². The molecule has 0 aromatic rings. The van der Waals surface area contributed by atoms with Gasteiger partial charge in [-0.3, -0.25) is 0 Å². The molecule has 0 aliphatic heterocycles. The van der Waals surface area contributed by atoms with E-state index in [0.29, 0.717) is 6.42 Å². The van der Waals surface area contributed by atoms with E-state index in [4.69, 9.17) is 4.74 Å². The molecule has 0 N–H and O–H groups in total. The van der Waals surface area contributed by atoms with Crippen molar-refractivity contribution in [2.75, 3.05) is 7.11 Å². The third kappa shape index (κ3) is 2.36. The molecule has 3 unspecified atom stereocenters. The topological polar surface area (TPSA) is 9.23 Å². The maximum absolute atomic E-state index is 12.4. The van der Waals surface area contributed by atoms with Crippen LogP contribution in [-0.2, 0) is 4.74 Å². The lowest BCUT2D eigenvalue weighted by Gasteiger charge is -2.36. The summed E-state index contributed by atoms with van der Waals surface area (Å²) in [5.41, 5.74) is 0. The Hall–Kier alpha value is -0.250. The second-order valence-electron chi connectivity index (χ2n) is 3.71. The van der Waals surface area contributed by atoms with Gasteiger partial charge in [0.25, 0.3) is 0 Å². The van der Waals surface area contributed by atoms with E-state index in [-0.39, 0.29) is 12.5 Å². The fourth-order valence-electron chi connectivity index (χ4n) is 2.12. The van der Waals surface area contributed by atoms with Crippen molar-refractivity contribution < 1.29 is 17.9 Å². The molecule has 13 heavy (non-hydrogen) atoms. The predicted octanol–water partition coefficient (Wildman–Crippen LogP) is 3.00. The zero-order valence-electron chi connectivity index (χ0n) is 7.90. The average molecular weight is 196 g/mol. The molecule has 0 heterocycles. The van der Waals surface area contributed by atoms with E-state index in [9.17, 15) is 13.2 Å². The van der Waals surface area contributed by atoms with Crippen LogP contribution < -0.4 is 0 Å². The Labute approximate surface area is 76.3 Å². The molecule has 78 valence electrons. The van der Waals surface area contributed by atoms with E-state index in [1.807, 2.05) is 0 Å². The van der Waals surface area contributed by atoms with E-state index >= 15 is 0 Å². The summed E-state index contributed by atoms with van der Waals surface area (Å²) in [6.07, 6.45) is -2.65. The lowest BCUT2D eigenvalue weighted by atomic mass is 9.78. The summed E-state index contributed by atoms with van der Waals surface area (Å²) >= 11 is 0. The van der Waals surface area contributed by atoms with Crippen molar-refractivity contribution in [3.63, 3.8) is 0 Å². The largest absolute Gasteiger partial charge is 0.392 e. The first-order valence-electron chi connectivity index (χ1n) is 4.56. The van der Waals surface area contributed by atoms with Crippen molar-refractivity contribution in [3.05, 3.63) is 0 Å². The maximum Gasteiger partial charge on any atom is 0.392 e. The van der Waals surface area contributed by atoms with Crippen molar-refractivity contribution in [1.29, 1.82) is 0 Å². The van der Waals surface area contributed by atoms with Gasteiger partial charge in [-0.15, -0.1) is 0 Å². The van der Waals surface area contributed by atoms with Gasteiger partial charge in [0, 0.05) is 7.11 Å². The molecule has 0 spiro atoms. The molecule has 4 heteroatoms. The first-order chi connectivity index (χ1) is 5.96. The minimum absolute atomic E-state index is 0.222. The van der Waals surface area contributed by atoms with Crippen LogP contribution in [0.1, 0.15) is 26.2 Å². The van der Waals surface area contributed by atoms with Gasteiger partial charge < -0.3 is 4.74 Å². The first kappa shape index (κ1) is 10.8. The Bertz CT molecular complexity index is 167. The van der Waals surface area contributed by atoms with Gasteiger partial charge in [0.2, 0.25) is 0 Å². The lowest BCUT2D eigenvalue weighted by Crippen LogP contribution is -2.39. The summed E-state index contributed by atoms with van der Waals surface area (Å²) in [7, 11) is 1.49. The van der Waals surface area contributed by atoms with Crippen molar-refractivity contribution in [2.24, 2.45) is 11.8 Å². The number of rotatable bonds is 1. The number of alkyl halides is 3. The second kappa shape index (κ2) is 3.86. The number of methoxy groups -OCH3 is 1. The Balaban J connectivity index is 2.65. The van der Waals surface area contributed by atoms with Gasteiger partial charge >= 0.3 is 6.18 Å². The summed E-state index contributed by atoms with van der Waals surface area (Å²) in [4.78, 5) is 0. The fraction of sp³-hybridized carbons (Fsp3) is 1.00. The highest BCUT2D eigenvalue weighted by Gasteiger charge is 2.46. The minimum atomic E-state index is -4.06. The Morgan fingerprint density at radius 1 is 1.23 bits per heavy atom. The van der Waals surface area contributed by atoms with Crippen LogP contribution in [0.25, 0.3) is 0 Å². The Kier molecular flexibility index (Phi) is 3.22. The summed E-state index contributed by atoms with van der Waals surface area (Å²) in [6.45, 7) is 1.63. The number of ether oxygens (including phenoxy) is 1. The second-order valence-corrected chi connectivity index (χ2v) is 3.71. The molecular weight excluding hydrogens is 181 g/mol. The zero-order valence-corrected chi connectivity index (χ0v) is 7.90. The van der Waals surface area contributed by atoms with Crippen LogP contribution in [-0.4, -0.2) is 19.4 Å². The SMILES string of the molecule is COC1CCCC(C(F)(F)F)C1C. The third-order valence-corrected chi connectivity index (χ3v) is 2.95. The normalized spacial score (nSPS) is 36.2. The van der Waals surface area contributed by atoms with Crippen LogP contribution in [0.5, 0.6) is 0 Å². The van der Waals surface area contributed by atoms with Crippen molar-refractivity contribution in [2.45, 2.75) is 38.5 Å². The maximum atomic E-state index is 12.4. The standard InChI is InChI=1S/C9H15F3O/c1-6-7(9(10,11)12)4-3-5-8(6)13-2/h6-8H,3-5H2,1-2H3. The number of hydrogen-bond donors (Lipinski definition) is 0. The van der Waals surface area contributed by atoms with E-state index in [1.54, 1.807) is 6.92 Å². The molecule has 1 nitrogen and oxygen atoms in total. The van der Waals surface area contributed by atoms with E-state index in [2.05, 4.69) is 0 Å². The molecule has 0 saturated heterocycles. The number of hydrogen-bond acceptors (Lipinski definition) is 1. The molecule has 1 fully saturated rings. The monoisotopic (exact) mass is 196 g/mol. The van der Waals surface area contributed by atoms with E-state index < -0.39 is 18.0 Å². The molecule has 0 aromatic heterocycles. The van der Waals surface area contributed by atoms with Gasteiger partial charge in [0.05, 0.1) is 12.0 Å². The highest BCUT2D eigenvalue weighted by atomic mass is 19.4. The molecule has 0 aromatic carbocycles. The van der Waals surface area contributed by atoms with Crippen LogP contribution in [0.2, 0.25) is 0 Å². The smallest absolute Gasteiger partial charge is 0.381 e. The van der Waals surface area contributed by atoms with Crippen LogP contribution in [0.15, 0.2) is 0 Å². The van der Waals surface area contributed by atoms with Crippen molar-refractivity contribution in [3.8, 4) is 0 Å². The predicted molar refractivity (Wildman–Crippen MR) is 43.4 cm³/mol. The fourth-order valence-corrected chi connectivity index (χ4v) is 2.12. The van der Waals surface area contributed by atoms with Crippen molar-refractivity contribution in [1.82, 2.24) is 0 Å². The Morgan fingerprint density at radius 2 is 1.85 bits per heavy atom. The molecule has 3 atom stereocenters. The molecule has 0 amide bonds. The highest BCUT2D eigenvalue weighted by molar-refractivity contribution is 4.83. The molecule has 0 radical (unpaired) electrons. The lowest BCUT2D eigenvalue weighted by molar-refractivity contribution is -0.207. The van der Waals surface area contributed by atoms with Gasteiger partial charge in [-0.1, -0.05) is 13.3 Å². The van der Waals surface area contributed by atoms with Gasteiger partial charge in [0.15, 0.2) is 0 Å². The Morgan fingerprint density at radius 3 is 2.31 bits per heavy atom. The van der Waals surface area contributed by atoms with Gasteiger partial charge in [-0.05, 0) is 18.8 Å². The van der Waals surface area contributed by atoms with Crippen molar-refractivity contribution >= 4 is 0 Å². The molecule has 0 bridgehead atoms. The molecular formula is C9H15F3O. The molecule has 1 rings (SSSR count). The van der Waals surface area contributed by atoms with Gasteiger partial charge in [-0.2, -0.15) is 13.2 Å². The highest BCUT2D eigenvalue weighted by Crippen LogP contribution is 2.41. The van der Waals surface area contributed by atoms with Crippen LogP contribution in [0.4, 0.5) is 13.2 Å². The van der Waals surface area contributed by atoms with Gasteiger partial charge in [-0.25, -0.2) is 0 Å². The van der Waals surface area contributed by atoms with Gasteiger partial charge in [0.1, 0.15) is 0 Å². The van der Waals surface area contributed by atoms with Crippen LogP contribution in [0.3, 0.4) is 0 Å². The first-order valence-corrected chi connectivity index (χ1v) is 4.56. The summed E-state index contributed by atoms with van der Waals surface area (Å²) in [5.74, 6) is -1.58. The number of halogens is 3. The summed E-state index contributed by atoms with van der Waals surface area (Å²) in [5, 5.41) is 0. The van der Waals surface area contributed by atoms with E-state index in [0.717, 1.165) is 6.42 Å². The quantitative estimate of drug-likeness (QED) is 0.626. The van der Waals surface area contributed by atoms with E-state index in [1.165, 1.54) is 7.11 Å². The molecule has 1 aliphatic rings. The average Bonchev–Trinajstić information content (AvgIpc) is 2.02. The molecule has 1 saturated carbocycles. The minimum Gasteiger partial charge on any atom is -0.381 e. The zero-order chi connectivity index (χ0) is 10.1. The molecule has 1 aliphatic carbocycles. The summed E-state index contributed by atoms with van der Waals surface area (Å²) in [6, 6.07) is 0. The van der Waals surface area contributed by atoms with Crippen LogP contribution >= 0.6 is 0 Å². The third-order valence-electron chi connectivity index (χ3n) is 2.95. The summed E-state index contributed by atoms with van der Waals surface area (Å²) < 4.78 is 42.4.